The van der Waals surface area contributed by atoms with Crippen molar-refractivity contribution in [1.29, 1.82) is 0 Å². The van der Waals surface area contributed by atoms with Gasteiger partial charge in [-0.15, -0.1) is 11.8 Å². The van der Waals surface area contributed by atoms with E-state index in [4.69, 9.17) is 0 Å². The Bertz CT molecular complexity index is 238. The molecule has 0 radical (unpaired) electrons. The highest BCUT2D eigenvalue weighted by Gasteiger charge is 1.85. The van der Waals surface area contributed by atoms with Crippen LogP contribution in [-0.2, 0) is 0 Å². The predicted molar refractivity (Wildman–Crippen MR) is 56.7 cm³/mol. The third kappa shape index (κ3) is 3.12. The number of hydrogen-bond donors (Lipinski definition) is 0. The van der Waals surface area contributed by atoms with Crippen molar-refractivity contribution < 1.29 is 0 Å². The summed E-state index contributed by atoms with van der Waals surface area (Å²) in [5.74, 6) is 0. The van der Waals surface area contributed by atoms with E-state index in [-0.39, 0.29) is 0 Å². The molecule has 0 aliphatic carbocycles. The lowest BCUT2D eigenvalue weighted by molar-refractivity contribution is 1.62. The van der Waals surface area contributed by atoms with Crippen LogP contribution in [0.25, 0.3) is 6.08 Å². The van der Waals surface area contributed by atoms with E-state index in [0.29, 0.717) is 0 Å². The van der Waals surface area contributed by atoms with Crippen LogP contribution in [0.5, 0.6) is 0 Å². The molecule has 1 aromatic rings. The highest BCUT2D eigenvalue weighted by atomic mass is 79.9. The smallest absolute Gasteiger partial charge is 0.0175 e. The Morgan fingerprint density at radius 2 is 1.91 bits per heavy atom. The number of halogens is 1. The molecule has 0 heterocycles. The second-order valence-electron chi connectivity index (χ2n) is 2.09. The molecule has 0 bridgehead atoms. The van der Waals surface area contributed by atoms with Gasteiger partial charge in [0.05, 0.1) is 0 Å². The van der Waals surface area contributed by atoms with Crippen LogP contribution in [0.15, 0.2) is 34.1 Å². The van der Waals surface area contributed by atoms with Gasteiger partial charge >= 0.3 is 0 Å². The van der Waals surface area contributed by atoms with Crippen molar-refractivity contribution in [3.8, 4) is 0 Å². The minimum Gasteiger partial charge on any atom is -0.138 e. The molecule has 0 atom stereocenters. The first kappa shape index (κ1) is 8.88. The van der Waals surface area contributed by atoms with E-state index in [1.54, 1.807) is 11.8 Å². The molecule has 1 rings (SSSR count). The van der Waals surface area contributed by atoms with E-state index in [1.165, 1.54) is 5.56 Å². The van der Waals surface area contributed by atoms with E-state index in [1.807, 2.05) is 12.1 Å². The second-order valence-corrected chi connectivity index (χ2v) is 3.75. The van der Waals surface area contributed by atoms with Crippen LogP contribution in [0.1, 0.15) is 5.56 Å². The van der Waals surface area contributed by atoms with Crippen molar-refractivity contribution in [2.45, 2.75) is 0 Å². The first-order valence-electron chi connectivity index (χ1n) is 3.28. The van der Waals surface area contributed by atoms with Gasteiger partial charge in [0.15, 0.2) is 0 Å². The monoisotopic (exact) mass is 228 g/mol. The van der Waals surface area contributed by atoms with Crippen LogP contribution in [0, 0.1) is 0 Å². The highest BCUT2D eigenvalue weighted by Crippen LogP contribution is 2.12. The van der Waals surface area contributed by atoms with Gasteiger partial charge in [-0.1, -0.05) is 28.1 Å². The number of thioether (sulfide) groups is 1. The first-order chi connectivity index (χ1) is 5.33. The molecule has 0 saturated heterocycles. The average Bonchev–Trinajstić information content (AvgIpc) is 2.04. The number of rotatable bonds is 2. The zero-order valence-electron chi connectivity index (χ0n) is 6.25. The molecule has 58 valence electrons. The molecule has 0 unspecified atom stereocenters. The standard InChI is InChI=1S/C9H9BrS/c1-11-7-6-8-2-4-9(10)5-3-8/h2-7H,1H3. The summed E-state index contributed by atoms with van der Waals surface area (Å²) in [4.78, 5) is 0. The molecule has 0 aliphatic rings. The van der Waals surface area contributed by atoms with Crippen LogP contribution in [0.2, 0.25) is 0 Å². The minimum absolute atomic E-state index is 1.12. The van der Waals surface area contributed by atoms with E-state index >= 15 is 0 Å². The molecule has 0 aliphatic heterocycles. The van der Waals surface area contributed by atoms with Crippen molar-refractivity contribution in [1.82, 2.24) is 0 Å². The third-order valence-corrected chi connectivity index (χ3v) is 2.20. The molecule has 0 amide bonds. The van der Waals surface area contributed by atoms with Gasteiger partial charge in [-0.2, -0.15) is 0 Å². The summed E-state index contributed by atoms with van der Waals surface area (Å²) in [6.07, 6.45) is 4.15. The Morgan fingerprint density at radius 3 is 2.45 bits per heavy atom. The summed E-state index contributed by atoms with van der Waals surface area (Å²) in [6, 6.07) is 8.24. The Balaban J connectivity index is 2.73. The van der Waals surface area contributed by atoms with Crippen molar-refractivity contribution in [3.63, 3.8) is 0 Å². The van der Waals surface area contributed by atoms with E-state index < -0.39 is 0 Å². The fourth-order valence-electron chi connectivity index (χ4n) is 0.721. The van der Waals surface area contributed by atoms with Crippen molar-refractivity contribution >= 4 is 33.8 Å². The SMILES string of the molecule is CSC=Cc1ccc(Br)cc1. The maximum absolute atomic E-state index is 3.38. The lowest BCUT2D eigenvalue weighted by Crippen LogP contribution is -1.68. The summed E-state index contributed by atoms with van der Waals surface area (Å²) < 4.78 is 1.12. The molecule has 0 nitrogen and oxygen atoms in total. The Labute approximate surface area is 79.8 Å². The zero-order chi connectivity index (χ0) is 8.10. The van der Waals surface area contributed by atoms with Crippen molar-refractivity contribution in [2.24, 2.45) is 0 Å². The third-order valence-electron chi connectivity index (χ3n) is 1.27. The fraction of sp³-hybridized carbons (Fsp3) is 0.111. The van der Waals surface area contributed by atoms with Crippen LogP contribution in [0.4, 0.5) is 0 Å². The summed E-state index contributed by atoms with van der Waals surface area (Å²) >= 11 is 5.09. The molecular weight excluding hydrogens is 220 g/mol. The van der Waals surface area contributed by atoms with Gasteiger partial charge in [-0.25, -0.2) is 0 Å². The second kappa shape index (κ2) is 4.62. The van der Waals surface area contributed by atoms with Gasteiger partial charge in [0, 0.05) is 4.47 Å². The van der Waals surface area contributed by atoms with Gasteiger partial charge in [0.25, 0.3) is 0 Å². The largest absolute Gasteiger partial charge is 0.138 e. The summed E-state index contributed by atoms with van der Waals surface area (Å²) in [5, 5.41) is 2.07. The van der Waals surface area contributed by atoms with E-state index in [9.17, 15) is 0 Å². The summed E-state index contributed by atoms with van der Waals surface area (Å²) in [5.41, 5.74) is 1.24. The van der Waals surface area contributed by atoms with Crippen molar-refractivity contribution in [2.75, 3.05) is 6.26 Å². The van der Waals surface area contributed by atoms with Crippen LogP contribution < -0.4 is 0 Å². The normalized spacial score (nSPS) is 10.7. The van der Waals surface area contributed by atoms with Crippen molar-refractivity contribution in [3.05, 3.63) is 39.7 Å². The van der Waals surface area contributed by atoms with E-state index in [2.05, 4.69) is 45.8 Å². The maximum Gasteiger partial charge on any atom is 0.0175 e. The van der Waals surface area contributed by atoms with Crippen LogP contribution >= 0.6 is 27.7 Å². The molecule has 0 aromatic heterocycles. The number of benzene rings is 1. The zero-order valence-corrected chi connectivity index (χ0v) is 8.65. The fourth-order valence-corrected chi connectivity index (χ4v) is 1.28. The lowest BCUT2D eigenvalue weighted by Gasteiger charge is -1.91. The maximum atomic E-state index is 3.38. The molecule has 2 heteroatoms. The molecular formula is C9H9BrS. The minimum atomic E-state index is 1.12. The molecule has 0 spiro atoms. The van der Waals surface area contributed by atoms with Gasteiger partial charge < -0.3 is 0 Å². The topological polar surface area (TPSA) is 0 Å². The molecule has 0 N–H and O–H groups in total. The Morgan fingerprint density at radius 1 is 1.27 bits per heavy atom. The van der Waals surface area contributed by atoms with Gasteiger partial charge in [-0.05, 0) is 35.4 Å². The Hall–Kier alpha value is -0.210. The molecule has 0 saturated carbocycles. The van der Waals surface area contributed by atoms with Gasteiger partial charge in [-0.3, -0.25) is 0 Å². The predicted octanol–water partition coefficient (Wildman–Crippen LogP) is 3.78. The quantitative estimate of drug-likeness (QED) is 0.743. The average molecular weight is 229 g/mol. The molecule has 1 aromatic carbocycles. The number of hydrogen-bond acceptors (Lipinski definition) is 1. The first-order valence-corrected chi connectivity index (χ1v) is 5.36. The Kier molecular flexibility index (Phi) is 3.73. The molecule has 0 fully saturated rings. The molecule has 11 heavy (non-hydrogen) atoms. The summed E-state index contributed by atoms with van der Waals surface area (Å²) in [6.45, 7) is 0. The lowest BCUT2D eigenvalue weighted by atomic mass is 10.2. The summed E-state index contributed by atoms with van der Waals surface area (Å²) in [7, 11) is 0. The van der Waals surface area contributed by atoms with E-state index in [0.717, 1.165) is 4.47 Å². The van der Waals surface area contributed by atoms with Gasteiger partial charge in [0.2, 0.25) is 0 Å². The van der Waals surface area contributed by atoms with Crippen LogP contribution in [-0.4, -0.2) is 6.26 Å². The highest BCUT2D eigenvalue weighted by molar-refractivity contribution is 9.10. The van der Waals surface area contributed by atoms with Gasteiger partial charge in [0.1, 0.15) is 0 Å². The van der Waals surface area contributed by atoms with Crippen LogP contribution in [0.3, 0.4) is 0 Å².